The largest absolute Gasteiger partial charge is 0.481 e. The fraction of sp³-hybridized carbons (Fsp3) is 0.500. The highest BCUT2D eigenvalue weighted by atomic mass is 35.5. The van der Waals surface area contributed by atoms with Gasteiger partial charge in [-0.3, -0.25) is 4.79 Å². The Labute approximate surface area is 80.1 Å². The normalized spacial score (nSPS) is 25.7. The lowest BCUT2D eigenvalue weighted by atomic mass is 9.99. The Hall–Kier alpha value is -1.03. The Balaban J connectivity index is 2.83. The molecule has 1 unspecified atom stereocenters. The Kier molecular flexibility index (Phi) is 2.93. The van der Waals surface area contributed by atoms with E-state index in [1.807, 2.05) is 0 Å². The van der Waals surface area contributed by atoms with Crippen LogP contribution in [0.5, 0.6) is 0 Å². The molecule has 0 spiro atoms. The molecule has 1 aliphatic heterocycles. The van der Waals surface area contributed by atoms with E-state index in [0.717, 1.165) is 0 Å². The summed E-state index contributed by atoms with van der Waals surface area (Å²) in [5, 5.41) is 8.84. The van der Waals surface area contributed by atoms with Crippen molar-refractivity contribution in [3.8, 4) is 0 Å². The highest BCUT2D eigenvalue weighted by Gasteiger charge is 2.33. The molecule has 0 aromatic rings. The minimum Gasteiger partial charge on any atom is -0.481 e. The van der Waals surface area contributed by atoms with Gasteiger partial charge in [-0.05, 0) is 6.92 Å². The van der Waals surface area contributed by atoms with E-state index in [4.69, 9.17) is 21.4 Å². The number of halogens is 1. The predicted octanol–water partition coefficient (Wildman–Crippen LogP) is 1.15. The molecule has 1 fully saturated rings. The second-order valence-electron chi connectivity index (χ2n) is 2.84. The highest BCUT2D eigenvalue weighted by Crippen LogP contribution is 2.28. The van der Waals surface area contributed by atoms with E-state index < -0.39 is 17.9 Å². The van der Waals surface area contributed by atoms with Crippen LogP contribution in [0.25, 0.3) is 0 Å². The summed E-state index contributed by atoms with van der Waals surface area (Å²) in [7, 11) is 0. The van der Waals surface area contributed by atoms with Crippen molar-refractivity contribution < 1.29 is 19.4 Å². The van der Waals surface area contributed by atoms with Crippen LogP contribution in [-0.4, -0.2) is 23.7 Å². The van der Waals surface area contributed by atoms with Crippen molar-refractivity contribution >= 4 is 23.5 Å². The smallest absolute Gasteiger partial charge is 0.335 e. The topological polar surface area (TPSA) is 63.6 Å². The van der Waals surface area contributed by atoms with Crippen molar-refractivity contribution in [1.82, 2.24) is 0 Å². The van der Waals surface area contributed by atoms with Gasteiger partial charge in [0, 0.05) is 11.0 Å². The van der Waals surface area contributed by atoms with Crippen LogP contribution < -0.4 is 0 Å². The molecule has 1 heterocycles. The maximum absolute atomic E-state index is 11.1. The van der Waals surface area contributed by atoms with Gasteiger partial charge in [0.1, 0.15) is 0 Å². The molecule has 1 atom stereocenters. The zero-order chi connectivity index (χ0) is 10.0. The van der Waals surface area contributed by atoms with Crippen molar-refractivity contribution in [3.63, 3.8) is 0 Å². The Morgan fingerprint density at radius 1 is 1.77 bits per heavy atom. The van der Waals surface area contributed by atoms with Gasteiger partial charge in [-0.15, -0.1) is 0 Å². The van der Waals surface area contributed by atoms with Crippen LogP contribution in [0.15, 0.2) is 10.6 Å². The summed E-state index contributed by atoms with van der Waals surface area (Å²) in [6.45, 7) is 1.67. The number of carboxylic acid groups (broad SMARTS) is 1. The highest BCUT2D eigenvalue weighted by molar-refractivity contribution is 6.31. The first kappa shape index (κ1) is 10.1. The standard InChI is InChI=1S/C8H9ClO4/c1-4(9)7-5(2-6(10)11)3-13-8(7)12/h5H,2-3H2,1H3,(H,10,11)/b7-4+. The average molecular weight is 205 g/mol. The molecule has 0 saturated carbocycles. The van der Waals surface area contributed by atoms with Crippen LogP contribution >= 0.6 is 11.6 Å². The molecule has 1 N–H and O–H groups in total. The first-order valence-electron chi connectivity index (χ1n) is 3.77. The second kappa shape index (κ2) is 3.79. The monoisotopic (exact) mass is 204 g/mol. The Bertz CT molecular complexity index is 278. The fourth-order valence-electron chi connectivity index (χ4n) is 1.30. The van der Waals surface area contributed by atoms with Crippen LogP contribution in [0, 0.1) is 5.92 Å². The SMILES string of the molecule is C/C(Cl)=C1\C(=O)OCC1CC(=O)O. The average Bonchev–Trinajstić information content (AvgIpc) is 2.30. The zero-order valence-electron chi connectivity index (χ0n) is 7.04. The van der Waals surface area contributed by atoms with Gasteiger partial charge in [-0.25, -0.2) is 4.79 Å². The number of ether oxygens (including phenoxy) is 1. The first-order valence-corrected chi connectivity index (χ1v) is 4.15. The van der Waals surface area contributed by atoms with Gasteiger partial charge in [0.25, 0.3) is 0 Å². The third-order valence-corrected chi connectivity index (χ3v) is 2.04. The van der Waals surface area contributed by atoms with E-state index in [2.05, 4.69) is 0 Å². The number of aliphatic carboxylic acids is 1. The van der Waals surface area contributed by atoms with Gasteiger partial charge in [0.2, 0.25) is 0 Å². The van der Waals surface area contributed by atoms with Crippen LogP contribution in [0.2, 0.25) is 0 Å². The molecular weight excluding hydrogens is 196 g/mol. The van der Waals surface area contributed by atoms with Gasteiger partial charge in [-0.2, -0.15) is 0 Å². The lowest BCUT2D eigenvalue weighted by Gasteiger charge is -2.03. The van der Waals surface area contributed by atoms with E-state index in [1.165, 1.54) is 0 Å². The number of esters is 1. The molecule has 0 aromatic carbocycles. The van der Waals surface area contributed by atoms with Gasteiger partial charge < -0.3 is 9.84 Å². The van der Waals surface area contributed by atoms with Crippen LogP contribution in [0.4, 0.5) is 0 Å². The van der Waals surface area contributed by atoms with Crippen molar-refractivity contribution in [2.24, 2.45) is 5.92 Å². The Morgan fingerprint density at radius 3 is 2.85 bits per heavy atom. The third kappa shape index (κ3) is 2.21. The number of cyclic esters (lactones) is 1. The van der Waals surface area contributed by atoms with Crippen molar-refractivity contribution in [1.29, 1.82) is 0 Å². The number of carboxylic acids is 1. The number of carbonyl (C=O) groups excluding carboxylic acids is 1. The lowest BCUT2D eigenvalue weighted by molar-refractivity contribution is -0.138. The fourth-order valence-corrected chi connectivity index (χ4v) is 1.53. The maximum Gasteiger partial charge on any atom is 0.335 e. The zero-order valence-corrected chi connectivity index (χ0v) is 7.80. The van der Waals surface area contributed by atoms with E-state index in [-0.39, 0.29) is 13.0 Å². The minimum atomic E-state index is -0.960. The molecule has 5 heteroatoms. The molecular formula is C8H9ClO4. The summed E-state index contributed by atoms with van der Waals surface area (Å²) >= 11 is 5.64. The molecule has 0 radical (unpaired) electrons. The second-order valence-corrected chi connectivity index (χ2v) is 3.41. The molecule has 1 aliphatic rings. The van der Waals surface area contributed by atoms with Crippen molar-refractivity contribution in [3.05, 3.63) is 10.6 Å². The summed E-state index contributed by atoms with van der Waals surface area (Å²) in [4.78, 5) is 21.4. The number of hydrogen-bond acceptors (Lipinski definition) is 3. The molecule has 13 heavy (non-hydrogen) atoms. The minimum absolute atomic E-state index is 0.116. The van der Waals surface area contributed by atoms with E-state index in [9.17, 15) is 9.59 Å². The number of hydrogen-bond donors (Lipinski definition) is 1. The molecule has 0 aliphatic carbocycles. The van der Waals surface area contributed by atoms with E-state index in [0.29, 0.717) is 10.6 Å². The van der Waals surface area contributed by atoms with Gasteiger partial charge in [-0.1, -0.05) is 11.6 Å². The molecule has 72 valence electrons. The molecule has 0 bridgehead atoms. The summed E-state index contributed by atoms with van der Waals surface area (Å²) in [6.07, 6.45) is -0.120. The number of rotatable bonds is 2. The summed E-state index contributed by atoms with van der Waals surface area (Å²) in [5.41, 5.74) is 0.295. The van der Waals surface area contributed by atoms with Crippen LogP contribution in [0.3, 0.4) is 0 Å². The van der Waals surface area contributed by atoms with Crippen molar-refractivity contribution in [2.45, 2.75) is 13.3 Å². The molecule has 1 saturated heterocycles. The maximum atomic E-state index is 11.1. The van der Waals surface area contributed by atoms with Gasteiger partial charge in [0.15, 0.2) is 0 Å². The summed E-state index contributed by atoms with van der Waals surface area (Å²) in [6, 6.07) is 0. The molecule has 1 rings (SSSR count). The van der Waals surface area contributed by atoms with Crippen LogP contribution in [-0.2, 0) is 14.3 Å². The molecule has 0 amide bonds. The summed E-state index contributed by atoms with van der Waals surface area (Å²) in [5.74, 6) is -1.86. The number of carbonyl (C=O) groups is 2. The Morgan fingerprint density at radius 2 is 2.38 bits per heavy atom. The van der Waals surface area contributed by atoms with Gasteiger partial charge >= 0.3 is 11.9 Å². The predicted molar refractivity (Wildman–Crippen MR) is 45.3 cm³/mol. The summed E-state index contributed by atoms with van der Waals surface area (Å²) < 4.78 is 4.70. The van der Waals surface area contributed by atoms with Crippen molar-refractivity contribution in [2.75, 3.05) is 6.61 Å². The van der Waals surface area contributed by atoms with E-state index >= 15 is 0 Å². The molecule has 4 nitrogen and oxygen atoms in total. The molecule has 0 aromatic heterocycles. The van der Waals surface area contributed by atoms with E-state index in [1.54, 1.807) is 6.92 Å². The number of allylic oxidation sites excluding steroid dienone is 1. The lowest BCUT2D eigenvalue weighted by Crippen LogP contribution is -2.10. The quantitative estimate of drug-likeness (QED) is 0.541. The van der Waals surface area contributed by atoms with Gasteiger partial charge in [0.05, 0.1) is 18.6 Å². The third-order valence-electron chi connectivity index (χ3n) is 1.84. The van der Waals surface area contributed by atoms with Crippen LogP contribution in [0.1, 0.15) is 13.3 Å². The first-order chi connectivity index (χ1) is 6.02.